The van der Waals surface area contributed by atoms with Gasteiger partial charge in [0.2, 0.25) is 11.9 Å². The van der Waals surface area contributed by atoms with Crippen molar-refractivity contribution >= 4 is 23.4 Å². The molecule has 3 heterocycles. The van der Waals surface area contributed by atoms with Crippen LogP contribution in [0, 0.1) is 17.5 Å². The van der Waals surface area contributed by atoms with E-state index >= 15 is 0 Å². The number of nitrogens with zero attached hydrogens (tertiary/aromatic N) is 6. The van der Waals surface area contributed by atoms with Gasteiger partial charge in [-0.25, -0.2) is 18.2 Å². The Morgan fingerprint density at radius 1 is 1.12 bits per heavy atom. The second-order valence-corrected chi connectivity index (χ2v) is 8.50. The number of nitrogens with one attached hydrogen (secondary N) is 1. The number of rotatable bonds is 7. The molecule has 4 rings (SSSR count). The molecule has 2 aromatic heterocycles. The summed E-state index contributed by atoms with van der Waals surface area (Å²) < 4.78 is 41.6. The summed E-state index contributed by atoms with van der Waals surface area (Å²) in [6.45, 7) is 6.47. The van der Waals surface area contributed by atoms with Gasteiger partial charge in [-0.05, 0) is 38.0 Å². The summed E-state index contributed by atoms with van der Waals surface area (Å²) in [6, 6.07) is 1.68. The number of carbonyl (C=O) groups excluding carboxylic acids is 1. The van der Waals surface area contributed by atoms with Crippen LogP contribution in [0.2, 0.25) is 0 Å². The van der Waals surface area contributed by atoms with E-state index in [4.69, 9.17) is 0 Å². The first kappa shape index (κ1) is 23.5. The van der Waals surface area contributed by atoms with Crippen molar-refractivity contribution in [1.29, 1.82) is 0 Å². The third-order valence-electron chi connectivity index (χ3n) is 5.78. The van der Waals surface area contributed by atoms with Gasteiger partial charge < -0.3 is 15.1 Å². The highest BCUT2D eigenvalue weighted by atomic mass is 19.2. The lowest BCUT2D eigenvalue weighted by Crippen LogP contribution is -2.54. The van der Waals surface area contributed by atoms with Gasteiger partial charge in [0.15, 0.2) is 23.3 Å². The van der Waals surface area contributed by atoms with Crippen LogP contribution in [0.15, 0.2) is 30.7 Å². The molecule has 0 saturated carbocycles. The quantitative estimate of drug-likeness (QED) is 0.527. The highest BCUT2D eigenvalue weighted by Gasteiger charge is 2.38. The first-order valence-corrected chi connectivity index (χ1v) is 11.0. The smallest absolute Gasteiger partial charge is 0.249 e. The van der Waals surface area contributed by atoms with Crippen molar-refractivity contribution in [3.8, 4) is 0 Å². The van der Waals surface area contributed by atoms with Crippen molar-refractivity contribution in [3.63, 3.8) is 0 Å². The lowest BCUT2D eigenvalue weighted by Gasteiger charge is -2.42. The number of aromatic nitrogens is 4. The molecule has 0 radical (unpaired) electrons. The number of hydrogen-bond donors (Lipinski definition) is 1. The number of benzene rings is 1. The van der Waals surface area contributed by atoms with Gasteiger partial charge in [0.25, 0.3) is 0 Å². The van der Waals surface area contributed by atoms with Crippen LogP contribution in [-0.4, -0.2) is 44.8 Å². The number of likely N-dealkylation sites (N-methyl/N-ethyl adjacent to an activating group) is 1. The van der Waals surface area contributed by atoms with E-state index in [1.54, 1.807) is 30.5 Å². The number of carbonyl (C=O) groups is 1. The second kappa shape index (κ2) is 9.32. The molecule has 1 aliphatic rings. The first-order valence-electron chi connectivity index (χ1n) is 11.0. The molecular weight excluding hydrogens is 447 g/mol. The van der Waals surface area contributed by atoms with Crippen molar-refractivity contribution in [1.82, 2.24) is 19.7 Å². The zero-order valence-electron chi connectivity index (χ0n) is 19.4. The van der Waals surface area contributed by atoms with Gasteiger partial charge in [-0.15, -0.1) is 0 Å². The fraction of sp³-hybridized carbons (Fsp3) is 0.391. The lowest BCUT2D eigenvalue weighted by molar-refractivity contribution is -0.120. The number of fused-ring (bicyclic) bond motifs is 1. The van der Waals surface area contributed by atoms with Crippen LogP contribution in [-0.2, 0) is 17.9 Å². The Labute approximate surface area is 195 Å². The topological polar surface area (TPSA) is 79.2 Å². The van der Waals surface area contributed by atoms with E-state index in [9.17, 15) is 18.0 Å². The average molecular weight is 474 g/mol. The van der Waals surface area contributed by atoms with Crippen LogP contribution >= 0.6 is 0 Å². The third-order valence-corrected chi connectivity index (χ3v) is 5.78. The molecule has 1 atom stereocenters. The van der Waals surface area contributed by atoms with E-state index < -0.39 is 17.5 Å². The number of hydrogen-bond acceptors (Lipinski definition) is 6. The summed E-state index contributed by atoms with van der Waals surface area (Å²) in [5.74, 6) is -2.85. The van der Waals surface area contributed by atoms with E-state index in [1.165, 1.54) is 4.68 Å². The Morgan fingerprint density at radius 2 is 1.82 bits per heavy atom. The predicted octanol–water partition coefficient (Wildman–Crippen LogP) is 3.72. The summed E-state index contributed by atoms with van der Waals surface area (Å²) in [5.41, 5.74) is 1.71. The summed E-state index contributed by atoms with van der Waals surface area (Å²) in [6.07, 6.45) is 5.62. The van der Waals surface area contributed by atoms with Crippen molar-refractivity contribution in [2.75, 3.05) is 22.2 Å². The molecule has 1 aromatic carbocycles. The SMILES string of the molecule is CC[C@H]1C(=O)N(C)c2cnc(NCc3cnn(Cc4cc(F)c(F)c(F)c4)c3)nc2N1C(C)C. The van der Waals surface area contributed by atoms with E-state index in [-0.39, 0.29) is 30.1 Å². The van der Waals surface area contributed by atoms with Crippen LogP contribution in [0.3, 0.4) is 0 Å². The fourth-order valence-electron chi connectivity index (χ4n) is 4.11. The standard InChI is InChI=1S/C23H26F3N7O/c1-5-18-22(34)31(4)19-10-28-23(30-21(19)33(18)13(2)3)27-8-15-9-29-32(12-15)11-14-6-16(24)20(26)17(25)7-14/h6-7,9-10,12-13,18H,5,8,11H2,1-4H3,(H,27,28,30)/t18-/m0/s1. The molecule has 1 aliphatic heterocycles. The van der Waals surface area contributed by atoms with Crippen molar-refractivity contribution in [2.24, 2.45) is 0 Å². The van der Waals surface area contributed by atoms with E-state index in [1.807, 2.05) is 25.7 Å². The highest BCUT2D eigenvalue weighted by molar-refractivity contribution is 6.04. The molecule has 3 aromatic rings. The van der Waals surface area contributed by atoms with Gasteiger partial charge in [-0.1, -0.05) is 6.92 Å². The van der Waals surface area contributed by atoms with Gasteiger partial charge >= 0.3 is 0 Å². The molecule has 0 aliphatic carbocycles. The first-order chi connectivity index (χ1) is 16.2. The molecule has 1 amide bonds. The van der Waals surface area contributed by atoms with Crippen LogP contribution in [0.25, 0.3) is 0 Å². The van der Waals surface area contributed by atoms with Crippen molar-refractivity contribution < 1.29 is 18.0 Å². The zero-order chi connectivity index (χ0) is 24.6. The lowest BCUT2D eigenvalue weighted by atomic mass is 10.1. The number of anilines is 3. The van der Waals surface area contributed by atoms with Crippen molar-refractivity contribution in [2.45, 2.75) is 52.4 Å². The van der Waals surface area contributed by atoms with Crippen LogP contribution in [0.5, 0.6) is 0 Å². The summed E-state index contributed by atoms with van der Waals surface area (Å²) in [5, 5.41) is 7.35. The largest absolute Gasteiger partial charge is 0.350 e. The van der Waals surface area contributed by atoms with Gasteiger partial charge in [0, 0.05) is 31.4 Å². The Bertz CT molecular complexity index is 1190. The van der Waals surface area contributed by atoms with Crippen LogP contribution in [0.4, 0.5) is 30.6 Å². The molecule has 0 spiro atoms. The summed E-state index contributed by atoms with van der Waals surface area (Å²) >= 11 is 0. The predicted molar refractivity (Wildman–Crippen MR) is 122 cm³/mol. The highest BCUT2D eigenvalue weighted by Crippen LogP contribution is 2.36. The number of amides is 1. The third kappa shape index (κ3) is 4.42. The Balaban J connectivity index is 1.49. The van der Waals surface area contributed by atoms with Gasteiger partial charge in [0.05, 0.1) is 18.9 Å². The Hall–Kier alpha value is -3.63. The fourth-order valence-corrected chi connectivity index (χ4v) is 4.11. The minimum Gasteiger partial charge on any atom is -0.350 e. The maximum absolute atomic E-state index is 13.5. The minimum atomic E-state index is -1.49. The monoisotopic (exact) mass is 473 g/mol. The van der Waals surface area contributed by atoms with Gasteiger partial charge in [-0.3, -0.25) is 9.48 Å². The molecule has 34 heavy (non-hydrogen) atoms. The van der Waals surface area contributed by atoms with Crippen LogP contribution in [0.1, 0.15) is 38.3 Å². The maximum Gasteiger partial charge on any atom is 0.249 e. The minimum absolute atomic E-state index is 0.0151. The Kier molecular flexibility index (Phi) is 6.45. The van der Waals surface area contributed by atoms with Gasteiger partial charge in [-0.2, -0.15) is 10.1 Å². The van der Waals surface area contributed by atoms with Gasteiger partial charge in [0.1, 0.15) is 11.7 Å². The molecule has 0 saturated heterocycles. The molecule has 0 bridgehead atoms. The van der Waals surface area contributed by atoms with E-state index in [0.717, 1.165) is 17.7 Å². The van der Waals surface area contributed by atoms with Crippen LogP contribution < -0.4 is 15.1 Å². The molecule has 0 fully saturated rings. The zero-order valence-corrected chi connectivity index (χ0v) is 19.4. The van der Waals surface area contributed by atoms with E-state index in [0.29, 0.717) is 30.4 Å². The molecule has 0 unspecified atom stereocenters. The van der Waals surface area contributed by atoms with Crippen molar-refractivity contribution in [3.05, 3.63) is 59.3 Å². The van der Waals surface area contributed by atoms with E-state index in [2.05, 4.69) is 20.4 Å². The summed E-state index contributed by atoms with van der Waals surface area (Å²) in [7, 11) is 1.73. The average Bonchev–Trinajstić information content (AvgIpc) is 3.25. The number of halogens is 3. The Morgan fingerprint density at radius 3 is 2.47 bits per heavy atom. The second-order valence-electron chi connectivity index (χ2n) is 8.50. The molecule has 1 N–H and O–H groups in total. The molecule has 11 heteroatoms. The normalized spacial score (nSPS) is 15.8. The molecule has 180 valence electrons. The summed E-state index contributed by atoms with van der Waals surface area (Å²) in [4.78, 5) is 25.4. The maximum atomic E-state index is 13.5. The molecule has 8 nitrogen and oxygen atoms in total. The molecular formula is C23H26F3N7O.